The lowest BCUT2D eigenvalue weighted by molar-refractivity contribution is 0.535. The summed E-state index contributed by atoms with van der Waals surface area (Å²) in [4.78, 5) is 0. The minimum atomic E-state index is 0.826. The quantitative estimate of drug-likeness (QED) is 0.300. The molecule has 25 heavy (non-hydrogen) atoms. The minimum absolute atomic E-state index is 0.826. The van der Waals surface area contributed by atoms with Gasteiger partial charge in [0, 0.05) is 5.92 Å². The highest BCUT2D eigenvalue weighted by molar-refractivity contribution is 5.67. The smallest absolute Gasteiger partial charge is 0.00955 e. The Morgan fingerprint density at radius 2 is 1.28 bits per heavy atom. The van der Waals surface area contributed by atoms with Crippen molar-refractivity contribution in [2.75, 3.05) is 0 Å². The number of allylic oxidation sites excluding steroid dienone is 1. The summed E-state index contributed by atoms with van der Waals surface area (Å²) in [7, 11) is 0. The molecule has 0 spiro atoms. The fraction of sp³-hybridized carbons (Fsp3) is 0.680. The monoisotopic (exact) mass is 338 g/mol. The van der Waals surface area contributed by atoms with Crippen LogP contribution in [0.2, 0.25) is 0 Å². The summed E-state index contributed by atoms with van der Waals surface area (Å²) >= 11 is 0. The molecule has 1 aromatic rings. The van der Waals surface area contributed by atoms with Crippen molar-refractivity contribution in [1.29, 1.82) is 0 Å². The lowest BCUT2D eigenvalue weighted by Gasteiger charge is -2.03. The van der Waals surface area contributed by atoms with Crippen LogP contribution >= 0.6 is 0 Å². The highest BCUT2D eigenvalue weighted by Crippen LogP contribution is 2.49. The van der Waals surface area contributed by atoms with Crippen LogP contribution in [-0.2, 0) is 6.42 Å². The second-order valence-electron chi connectivity index (χ2n) is 8.37. The summed E-state index contributed by atoms with van der Waals surface area (Å²) in [6.07, 6.45) is 26.1. The molecule has 1 atom stereocenters. The first-order valence-electron chi connectivity index (χ1n) is 11.2. The van der Waals surface area contributed by atoms with Gasteiger partial charge in [-0.2, -0.15) is 0 Å². The molecule has 0 saturated heterocycles. The molecule has 2 aliphatic carbocycles. The Bertz CT molecular complexity index is 551. The summed E-state index contributed by atoms with van der Waals surface area (Å²) in [5, 5.41) is 0. The number of fused-ring (bicyclic) bond motifs is 2. The molecule has 138 valence electrons. The van der Waals surface area contributed by atoms with Crippen molar-refractivity contribution in [3.8, 4) is 0 Å². The predicted molar refractivity (Wildman–Crippen MR) is 111 cm³/mol. The van der Waals surface area contributed by atoms with Gasteiger partial charge in [-0.05, 0) is 35.1 Å². The SMILES string of the molecule is CCCCCCCCCCCCCCCC1c2cc3c(cc21)CC=C3. The van der Waals surface area contributed by atoms with Gasteiger partial charge in [0.2, 0.25) is 0 Å². The van der Waals surface area contributed by atoms with Crippen LogP contribution in [0.15, 0.2) is 18.2 Å². The van der Waals surface area contributed by atoms with Gasteiger partial charge >= 0.3 is 0 Å². The van der Waals surface area contributed by atoms with Crippen LogP contribution < -0.4 is 0 Å². The third kappa shape index (κ3) is 5.73. The number of benzene rings is 1. The lowest BCUT2D eigenvalue weighted by Crippen LogP contribution is -1.83. The van der Waals surface area contributed by atoms with Gasteiger partial charge in [0.15, 0.2) is 0 Å². The van der Waals surface area contributed by atoms with Crippen LogP contribution in [-0.4, -0.2) is 0 Å². The van der Waals surface area contributed by atoms with Crippen molar-refractivity contribution in [2.45, 2.75) is 109 Å². The molecule has 0 heteroatoms. The van der Waals surface area contributed by atoms with Crippen molar-refractivity contribution in [3.05, 3.63) is 40.5 Å². The van der Waals surface area contributed by atoms with E-state index in [4.69, 9.17) is 0 Å². The van der Waals surface area contributed by atoms with Crippen LogP contribution in [0.4, 0.5) is 0 Å². The largest absolute Gasteiger partial charge is 0.0795 e. The fourth-order valence-corrected chi connectivity index (χ4v) is 4.53. The zero-order valence-electron chi connectivity index (χ0n) is 16.5. The van der Waals surface area contributed by atoms with E-state index >= 15 is 0 Å². The molecule has 0 N–H and O–H groups in total. The molecule has 0 bridgehead atoms. The number of hydrogen-bond acceptors (Lipinski definition) is 0. The van der Waals surface area contributed by atoms with E-state index in [1.54, 1.807) is 16.7 Å². The molecule has 0 fully saturated rings. The zero-order valence-corrected chi connectivity index (χ0v) is 16.5. The van der Waals surface area contributed by atoms with E-state index in [0.29, 0.717) is 0 Å². The second kappa shape index (κ2) is 10.2. The van der Waals surface area contributed by atoms with Crippen LogP contribution in [0.5, 0.6) is 0 Å². The molecule has 1 unspecified atom stereocenters. The lowest BCUT2D eigenvalue weighted by atomic mass is 10.0. The summed E-state index contributed by atoms with van der Waals surface area (Å²) < 4.78 is 0. The van der Waals surface area contributed by atoms with E-state index in [1.807, 2.05) is 0 Å². The van der Waals surface area contributed by atoms with Crippen molar-refractivity contribution < 1.29 is 0 Å². The first-order chi connectivity index (χ1) is 12.4. The summed E-state index contributed by atoms with van der Waals surface area (Å²) in [5.41, 5.74) is 6.38. The Hall–Kier alpha value is -1.04. The number of unbranched alkanes of at least 4 members (excludes halogenated alkanes) is 12. The Balaban J connectivity index is 1.12. The number of hydrogen-bond donors (Lipinski definition) is 0. The molecule has 0 aliphatic heterocycles. The molecule has 0 saturated carbocycles. The molecule has 0 amide bonds. The van der Waals surface area contributed by atoms with E-state index in [9.17, 15) is 0 Å². The minimum Gasteiger partial charge on any atom is -0.0795 e. The average Bonchev–Trinajstić information content (AvgIpc) is 3.08. The molecule has 0 aromatic heterocycles. The normalized spacial score (nSPS) is 16.9. The summed E-state index contributed by atoms with van der Waals surface area (Å²) in [6, 6.07) is 4.94. The third-order valence-electron chi connectivity index (χ3n) is 6.24. The van der Waals surface area contributed by atoms with Crippen molar-refractivity contribution in [1.82, 2.24) is 0 Å². The maximum Gasteiger partial charge on any atom is 0.00955 e. The van der Waals surface area contributed by atoms with Crippen LogP contribution in [0.25, 0.3) is 6.08 Å². The molecule has 0 heterocycles. The van der Waals surface area contributed by atoms with Gasteiger partial charge in [-0.1, -0.05) is 115 Å². The maximum absolute atomic E-state index is 2.48. The summed E-state index contributed by atoms with van der Waals surface area (Å²) in [5.74, 6) is 0.826. The molecule has 1 aromatic carbocycles. The van der Waals surface area contributed by atoms with Crippen molar-refractivity contribution in [3.63, 3.8) is 0 Å². The molecular weight excluding hydrogens is 300 g/mol. The zero-order chi connectivity index (χ0) is 17.3. The van der Waals surface area contributed by atoms with Gasteiger partial charge in [-0.3, -0.25) is 0 Å². The summed E-state index contributed by atoms with van der Waals surface area (Å²) in [6.45, 7) is 2.30. The van der Waals surface area contributed by atoms with E-state index < -0.39 is 0 Å². The highest BCUT2D eigenvalue weighted by atomic mass is 14.4. The third-order valence-corrected chi connectivity index (χ3v) is 6.24. The average molecular weight is 339 g/mol. The Morgan fingerprint density at radius 1 is 0.720 bits per heavy atom. The van der Waals surface area contributed by atoms with Gasteiger partial charge in [0.25, 0.3) is 0 Å². The van der Waals surface area contributed by atoms with Crippen LogP contribution in [0.3, 0.4) is 0 Å². The van der Waals surface area contributed by atoms with Crippen LogP contribution in [0, 0.1) is 0 Å². The first kappa shape index (κ1) is 18.7. The Labute approximate surface area is 156 Å². The fourth-order valence-electron chi connectivity index (χ4n) is 4.53. The van der Waals surface area contributed by atoms with E-state index in [1.165, 1.54) is 95.5 Å². The van der Waals surface area contributed by atoms with Crippen molar-refractivity contribution >= 4 is 6.08 Å². The van der Waals surface area contributed by atoms with Gasteiger partial charge in [-0.25, -0.2) is 0 Å². The Morgan fingerprint density at radius 3 is 1.92 bits per heavy atom. The Kier molecular flexibility index (Phi) is 7.64. The molecular formula is C25H38. The molecule has 3 rings (SSSR count). The van der Waals surface area contributed by atoms with Gasteiger partial charge in [0.1, 0.15) is 0 Å². The highest BCUT2D eigenvalue weighted by Gasteiger charge is 2.32. The predicted octanol–water partition coefficient (Wildman–Crippen LogP) is 8.18. The molecule has 0 radical (unpaired) electrons. The van der Waals surface area contributed by atoms with Gasteiger partial charge in [0.05, 0.1) is 0 Å². The van der Waals surface area contributed by atoms with Crippen molar-refractivity contribution in [2.24, 2.45) is 0 Å². The maximum atomic E-state index is 2.48. The molecule has 0 nitrogen and oxygen atoms in total. The molecule has 2 aliphatic rings. The first-order valence-corrected chi connectivity index (χ1v) is 11.2. The standard InChI is InChI=1S/C25H38/c1-2-3-4-5-6-7-8-9-10-11-12-13-14-18-23-24-19-21-16-15-17-22(21)20-25(23)24/h15-16,19-20,23H,2-14,17-18H2,1H3. The van der Waals surface area contributed by atoms with Crippen LogP contribution in [0.1, 0.15) is 125 Å². The van der Waals surface area contributed by atoms with E-state index in [0.717, 1.165) is 12.3 Å². The topological polar surface area (TPSA) is 0 Å². The second-order valence-corrected chi connectivity index (χ2v) is 8.37. The van der Waals surface area contributed by atoms with Gasteiger partial charge < -0.3 is 0 Å². The van der Waals surface area contributed by atoms with E-state index in [2.05, 4.69) is 31.2 Å². The van der Waals surface area contributed by atoms with Gasteiger partial charge in [-0.15, -0.1) is 0 Å². The number of rotatable bonds is 14. The van der Waals surface area contributed by atoms with E-state index in [-0.39, 0.29) is 0 Å².